The molecular weight excluding hydrogens is 312 g/mol. The van der Waals surface area contributed by atoms with E-state index in [0.717, 1.165) is 17.1 Å². The molecule has 2 N–H and O–H groups in total. The number of hydrogen-bond donors (Lipinski definition) is 2. The summed E-state index contributed by atoms with van der Waals surface area (Å²) in [6, 6.07) is 7.02. The lowest BCUT2D eigenvalue weighted by molar-refractivity contribution is 0.0697. The van der Waals surface area contributed by atoms with E-state index in [1.165, 1.54) is 32.1 Å². The lowest BCUT2D eigenvalue weighted by Gasteiger charge is -2.38. The van der Waals surface area contributed by atoms with Crippen LogP contribution in [0.2, 0.25) is 0 Å². The number of aromatic nitrogens is 2. The second-order valence-corrected chi connectivity index (χ2v) is 8.31. The van der Waals surface area contributed by atoms with Crippen molar-refractivity contribution in [2.45, 2.75) is 58.8 Å². The van der Waals surface area contributed by atoms with Crippen molar-refractivity contribution in [1.29, 1.82) is 0 Å². The minimum atomic E-state index is -0.906. The number of nitrogens with one attached hydrogen (secondary N) is 1. The molecule has 1 aliphatic carbocycles. The summed E-state index contributed by atoms with van der Waals surface area (Å²) in [5.41, 5.74) is 2.20. The fourth-order valence-corrected chi connectivity index (χ4v) is 4.27. The van der Waals surface area contributed by atoms with Crippen LogP contribution in [-0.4, -0.2) is 21.0 Å². The molecule has 0 bridgehead atoms. The number of benzene rings is 1. The predicted octanol–water partition coefficient (Wildman–Crippen LogP) is 5.48. The molecular formula is C21H28N2O2. The highest BCUT2D eigenvalue weighted by atomic mass is 16.4. The summed E-state index contributed by atoms with van der Waals surface area (Å²) in [5, 5.41) is 9.20. The largest absolute Gasteiger partial charge is 0.478 e. The molecule has 1 fully saturated rings. The van der Waals surface area contributed by atoms with Crippen molar-refractivity contribution >= 4 is 5.97 Å². The highest BCUT2D eigenvalue weighted by Gasteiger charge is 2.36. The van der Waals surface area contributed by atoms with Gasteiger partial charge in [-0.25, -0.2) is 9.78 Å². The second-order valence-electron chi connectivity index (χ2n) is 8.31. The lowest BCUT2D eigenvalue weighted by Crippen LogP contribution is -2.28. The van der Waals surface area contributed by atoms with Gasteiger partial charge < -0.3 is 10.1 Å². The van der Waals surface area contributed by atoms with E-state index in [1.807, 2.05) is 12.3 Å². The van der Waals surface area contributed by atoms with Crippen molar-refractivity contribution in [3.8, 4) is 11.3 Å². The van der Waals surface area contributed by atoms with E-state index < -0.39 is 5.97 Å². The number of carbonyl (C=O) groups is 1. The Hall–Kier alpha value is -2.10. The molecule has 0 aliphatic heterocycles. The third-order valence-electron chi connectivity index (χ3n) is 5.36. The molecule has 1 heterocycles. The highest BCUT2D eigenvalue weighted by Crippen LogP contribution is 2.45. The van der Waals surface area contributed by atoms with Gasteiger partial charge in [0, 0.05) is 11.5 Å². The van der Waals surface area contributed by atoms with Gasteiger partial charge in [-0.3, -0.25) is 0 Å². The Balaban J connectivity index is 1.92. The minimum Gasteiger partial charge on any atom is -0.478 e. The number of aromatic carboxylic acids is 1. The summed E-state index contributed by atoms with van der Waals surface area (Å²) in [5.74, 6) is 1.19. The second kappa shape index (κ2) is 7.03. The first kappa shape index (κ1) is 17.7. The van der Waals surface area contributed by atoms with E-state index >= 15 is 0 Å². The fourth-order valence-electron chi connectivity index (χ4n) is 4.27. The zero-order chi connectivity index (χ0) is 18.0. The number of carboxylic acid groups (broad SMARTS) is 1. The molecule has 0 radical (unpaired) electrons. The number of rotatable bonds is 4. The van der Waals surface area contributed by atoms with Crippen LogP contribution in [0.25, 0.3) is 11.3 Å². The van der Waals surface area contributed by atoms with Crippen LogP contribution in [-0.2, 0) is 0 Å². The molecule has 1 unspecified atom stereocenters. The van der Waals surface area contributed by atoms with Gasteiger partial charge in [-0.1, -0.05) is 52.2 Å². The standard InChI is InChI=1S/C21H28N2O2/c1-21(2,3)18(14-8-5-4-6-9-14)19-22-13-17(23-19)15-10-7-11-16(12-15)20(24)25/h7,10-14,18H,4-6,8-9H2,1-3H3,(H,22,23)(H,24,25). The van der Waals surface area contributed by atoms with Crippen LogP contribution in [0.5, 0.6) is 0 Å². The van der Waals surface area contributed by atoms with Gasteiger partial charge in [-0.05, 0) is 36.3 Å². The van der Waals surface area contributed by atoms with Gasteiger partial charge in [0.05, 0.1) is 17.5 Å². The molecule has 4 heteroatoms. The maximum absolute atomic E-state index is 11.2. The topological polar surface area (TPSA) is 66.0 Å². The average Bonchev–Trinajstić information content (AvgIpc) is 3.04. The average molecular weight is 340 g/mol. The van der Waals surface area contributed by atoms with E-state index in [0.29, 0.717) is 17.4 Å². The van der Waals surface area contributed by atoms with Gasteiger partial charge in [0.1, 0.15) is 5.82 Å². The monoisotopic (exact) mass is 340 g/mol. The molecule has 0 spiro atoms. The van der Waals surface area contributed by atoms with E-state index in [4.69, 9.17) is 4.98 Å². The van der Waals surface area contributed by atoms with Gasteiger partial charge in [0.25, 0.3) is 0 Å². The Morgan fingerprint density at radius 2 is 1.96 bits per heavy atom. The van der Waals surface area contributed by atoms with Crippen molar-refractivity contribution < 1.29 is 9.90 Å². The number of imidazole rings is 1. The summed E-state index contributed by atoms with van der Waals surface area (Å²) in [4.78, 5) is 19.4. The summed E-state index contributed by atoms with van der Waals surface area (Å²) in [6.45, 7) is 6.87. The first-order chi connectivity index (χ1) is 11.9. The molecule has 2 aromatic rings. The Morgan fingerprint density at radius 3 is 2.60 bits per heavy atom. The molecule has 25 heavy (non-hydrogen) atoms. The summed E-state index contributed by atoms with van der Waals surface area (Å²) < 4.78 is 0. The third-order valence-corrected chi connectivity index (χ3v) is 5.36. The van der Waals surface area contributed by atoms with Gasteiger partial charge >= 0.3 is 5.97 Å². The Bertz CT molecular complexity index is 736. The van der Waals surface area contributed by atoms with Gasteiger partial charge in [-0.2, -0.15) is 0 Å². The quantitative estimate of drug-likeness (QED) is 0.774. The highest BCUT2D eigenvalue weighted by molar-refractivity contribution is 5.89. The summed E-state index contributed by atoms with van der Waals surface area (Å²) in [6.07, 6.45) is 8.35. The van der Waals surface area contributed by atoms with Crippen molar-refractivity contribution in [1.82, 2.24) is 9.97 Å². The molecule has 134 valence electrons. The Kier molecular flexibility index (Phi) is 4.98. The first-order valence-electron chi connectivity index (χ1n) is 9.25. The van der Waals surface area contributed by atoms with Crippen LogP contribution in [0.4, 0.5) is 0 Å². The summed E-state index contributed by atoms with van der Waals surface area (Å²) in [7, 11) is 0. The fraction of sp³-hybridized carbons (Fsp3) is 0.524. The van der Waals surface area contributed by atoms with Gasteiger partial charge in [-0.15, -0.1) is 0 Å². The molecule has 1 aromatic carbocycles. The van der Waals surface area contributed by atoms with Crippen LogP contribution >= 0.6 is 0 Å². The number of aromatic amines is 1. The summed E-state index contributed by atoms with van der Waals surface area (Å²) >= 11 is 0. The molecule has 4 nitrogen and oxygen atoms in total. The van der Waals surface area contributed by atoms with E-state index in [-0.39, 0.29) is 5.41 Å². The minimum absolute atomic E-state index is 0.139. The van der Waals surface area contributed by atoms with Crippen LogP contribution in [0.1, 0.15) is 75.0 Å². The SMILES string of the molecule is CC(C)(C)C(c1ncc(-c2cccc(C(=O)O)c2)[nH]1)C1CCCCC1. The maximum Gasteiger partial charge on any atom is 0.335 e. The van der Waals surface area contributed by atoms with Crippen molar-refractivity contribution in [2.75, 3.05) is 0 Å². The van der Waals surface area contributed by atoms with Crippen LogP contribution in [0, 0.1) is 11.3 Å². The van der Waals surface area contributed by atoms with Crippen LogP contribution in [0.15, 0.2) is 30.5 Å². The number of carboxylic acids is 1. The third kappa shape index (κ3) is 3.94. The molecule has 0 saturated heterocycles. The Morgan fingerprint density at radius 1 is 1.24 bits per heavy atom. The molecule has 3 rings (SSSR count). The van der Waals surface area contributed by atoms with E-state index in [1.54, 1.807) is 18.2 Å². The molecule has 1 aromatic heterocycles. The molecule has 1 saturated carbocycles. The lowest BCUT2D eigenvalue weighted by atomic mass is 9.68. The number of H-pyrrole nitrogens is 1. The van der Waals surface area contributed by atoms with E-state index in [9.17, 15) is 9.90 Å². The van der Waals surface area contributed by atoms with Gasteiger partial charge in [0.2, 0.25) is 0 Å². The molecule has 1 atom stereocenters. The first-order valence-corrected chi connectivity index (χ1v) is 9.25. The van der Waals surface area contributed by atoms with Crippen LogP contribution in [0.3, 0.4) is 0 Å². The molecule has 1 aliphatic rings. The number of hydrogen-bond acceptors (Lipinski definition) is 2. The molecule has 0 amide bonds. The van der Waals surface area contributed by atoms with Crippen molar-refractivity contribution in [3.63, 3.8) is 0 Å². The van der Waals surface area contributed by atoms with Crippen molar-refractivity contribution in [3.05, 3.63) is 41.9 Å². The van der Waals surface area contributed by atoms with Crippen LogP contribution < -0.4 is 0 Å². The number of nitrogens with zero attached hydrogens (tertiary/aromatic N) is 1. The maximum atomic E-state index is 11.2. The zero-order valence-electron chi connectivity index (χ0n) is 15.4. The van der Waals surface area contributed by atoms with E-state index in [2.05, 4.69) is 25.8 Å². The zero-order valence-corrected chi connectivity index (χ0v) is 15.4. The van der Waals surface area contributed by atoms with Gasteiger partial charge in [0.15, 0.2) is 0 Å². The smallest absolute Gasteiger partial charge is 0.335 e. The Labute approximate surface area is 149 Å². The predicted molar refractivity (Wildman–Crippen MR) is 99.8 cm³/mol. The normalized spacial score (nSPS) is 17.4. The van der Waals surface area contributed by atoms with Crippen molar-refractivity contribution in [2.24, 2.45) is 11.3 Å².